The van der Waals surface area contributed by atoms with Crippen LogP contribution in [0.25, 0.3) is 0 Å². The molecule has 0 radical (unpaired) electrons. The Balaban J connectivity index is 1.87. The molecule has 5 heteroatoms. The van der Waals surface area contributed by atoms with Gasteiger partial charge in [0.05, 0.1) is 24.0 Å². The van der Waals surface area contributed by atoms with Gasteiger partial charge >= 0.3 is 0 Å². The van der Waals surface area contributed by atoms with E-state index in [1.807, 2.05) is 31.2 Å². The van der Waals surface area contributed by atoms with Crippen LogP contribution in [0.15, 0.2) is 40.9 Å². The Bertz CT molecular complexity index is 799. The molecule has 2 aromatic rings. The topological polar surface area (TPSA) is 41.6 Å². The molecule has 1 N–H and O–H groups in total. The zero-order chi connectivity index (χ0) is 18.7. The number of anilines is 2. The summed E-state index contributed by atoms with van der Waals surface area (Å²) >= 11 is 3.47. The molecule has 138 valence electrons. The maximum atomic E-state index is 13.0. The Morgan fingerprint density at radius 3 is 2.62 bits per heavy atom. The number of aryl methyl sites for hydroxylation is 1. The molecule has 0 bridgehead atoms. The molecule has 0 aliphatic carbocycles. The number of hydrogen-bond acceptors (Lipinski definition) is 3. The highest BCUT2D eigenvalue weighted by Gasteiger charge is 2.21. The third kappa shape index (κ3) is 4.04. The highest BCUT2D eigenvalue weighted by atomic mass is 79.9. The lowest BCUT2D eigenvalue weighted by Gasteiger charge is -2.33. The van der Waals surface area contributed by atoms with Crippen molar-refractivity contribution in [3.8, 4) is 5.75 Å². The van der Waals surface area contributed by atoms with Crippen LogP contribution in [-0.4, -0.2) is 26.1 Å². The van der Waals surface area contributed by atoms with E-state index in [-0.39, 0.29) is 5.91 Å². The van der Waals surface area contributed by atoms with Crippen molar-refractivity contribution in [3.63, 3.8) is 0 Å². The maximum Gasteiger partial charge on any atom is 0.259 e. The van der Waals surface area contributed by atoms with Crippen molar-refractivity contribution in [2.45, 2.75) is 26.7 Å². The number of benzene rings is 2. The number of hydrogen-bond donors (Lipinski definition) is 1. The molecule has 1 aliphatic rings. The number of ether oxygens (including phenoxy) is 1. The number of rotatable bonds is 4. The first-order chi connectivity index (χ1) is 12.5. The average Bonchev–Trinajstić information content (AvgIpc) is 2.62. The number of carbonyl (C=O) groups is 1. The normalized spacial score (nSPS) is 15.0. The first kappa shape index (κ1) is 18.8. The summed E-state index contributed by atoms with van der Waals surface area (Å²) < 4.78 is 6.32. The molecule has 1 amide bonds. The van der Waals surface area contributed by atoms with Crippen molar-refractivity contribution < 1.29 is 9.53 Å². The zero-order valence-electron chi connectivity index (χ0n) is 15.5. The van der Waals surface area contributed by atoms with Gasteiger partial charge in [0.2, 0.25) is 0 Å². The minimum atomic E-state index is -0.163. The minimum Gasteiger partial charge on any atom is -0.496 e. The first-order valence-corrected chi connectivity index (χ1v) is 9.78. The van der Waals surface area contributed by atoms with Crippen LogP contribution in [0, 0.1) is 12.8 Å². The van der Waals surface area contributed by atoms with Crippen molar-refractivity contribution in [2.75, 3.05) is 30.4 Å². The van der Waals surface area contributed by atoms with E-state index in [9.17, 15) is 4.79 Å². The molecule has 2 aromatic carbocycles. The van der Waals surface area contributed by atoms with Crippen molar-refractivity contribution in [3.05, 3.63) is 52.0 Å². The van der Waals surface area contributed by atoms with Gasteiger partial charge in [0, 0.05) is 17.6 Å². The summed E-state index contributed by atoms with van der Waals surface area (Å²) in [5, 5.41) is 3.08. The van der Waals surface area contributed by atoms with Crippen molar-refractivity contribution >= 4 is 33.2 Å². The molecule has 4 nitrogen and oxygen atoms in total. The van der Waals surface area contributed by atoms with Gasteiger partial charge in [0.25, 0.3) is 5.91 Å². The highest BCUT2D eigenvalue weighted by molar-refractivity contribution is 9.10. The van der Waals surface area contributed by atoms with Crippen LogP contribution in [-0.2, 0) is 0 Å². The van der Waals surface area contributed by atoms with E-state index >= 15 is 0 Å². The Morgan fingerprint density at radius 1 is 1.23 bits per heavy atom. The van der Waals surface area contributed by atoms with Crippen LogP contribution < -0.4 is 15.0 Å². The van der Waals surface area contributed by atoms with E-state index in [4.69, 9.17) is 4.74 Å². The summed E-state index contributed by atoms with van der Waals surface area (Å²) in [5.74, 6) is 1.21. The fraction of sp³-hybridized carbons (Fsp3) is 0.381. The fourth-order valence-electron chi connectivity index (χ4n) is 3.46. The van der Waals surface area contributed by atoms with Gasteiger partial charge in [-0.1, -0.05) is 35.0 Å². The van der Waals surface area contributed by atoms with Gasteiger partial charge in [0.1, 0.15) is 5.75 Å². The number of amides is 1. The second-order valence-corrected chi connectivity index (χ2v) is 7.86. The van der Waals surface area contributed by atoms with Gasteiger partial charge < -0.3 is 15.0 Å². The van der Waals surface area contributed by atoms with E-state index in [1.54, 1.807) is 13.2 Å². The molecule has 0 unspecified atom stereocenters. The maximum absolute atomic E-state index is 13.0. The molecule has 1 saturated heterocycles. The molecule has 26 heavy (non-hydrogen) atoms. The molecule has 0 aromatic heterocycles. The number of carbonyl (C=O) groups excluding carboxylic acids is 1. The lowest BCUT2D eigenvalue weighted by atomic mass is 9.98. The molecule has 0 spiro atoms. The zero-order valence-corrected chi connectivity index (χ0v) is 17.1. The van der Waals surface area contributed by atoms with Gasteiger partial charge in [0.15, 0.2) is 0 Å². The average molecular weight is 417 g/mol. The number of nitrogens with one attached hydrogen (secondary N) is 1. The van der Waals surface area contributed by atoms with Gasteiger partial charge in [-0.15, -0.1) is 0 Å². The summed E-state index contributed by atoms with van der Waals surface area (Å²) in [6, 6.07) is 11.8. The van der Waals surface area contributed by atoms with E-state index in [0.29, 0.717) is 11.3 Å². The van der Waals surface area contributed by atoms with E-state index in [1.165, 1.54) is 12.8 Å². The standard InChI is InChI=1S/C21H25BrN2O2/c1-14-8-10-24(11-9-14)19-7-5-4-6-18(19)23-21(25)17-13-16(22)12-15(2)20(17)26-3/h4-7,12-14H,8-11H2,1-3H3,(H,23,25). The van der Waals surface area contributed by atoms with Crippen LogP contribution in [0.5, 0.6) is 5.75 Å². The van der Waals surface area contributed by atoms with Crippen LogP contribution in [0.3, 0.4) is 0 Å². The number of piperidine rings is 1. The number of methoxy groups -OCH3 is 1. The third-order valence-electron chi connectivity index (χ3n) is 4.96. The predicted molar refractivity (Wildman–Crippen MR) is 110 cm³/mol. The molecule has 0 atom stereocenters. The smallest absolute Gasteiger partial charge is 0.259 e. The molecule has 1 aliphatic heterocycles. The lowest BCUT2D eigenvalue weighted by molar-refractivity contribution is 0.102. The molecule has 1 fully saturated rings. The van der Waals surface area contributed by atoms with Crippen molar-refractivity contribution in [1.82, 2.24) is 0 Å². The predicted octanol–water partition coefficient (Wildman–Crippen LogP) is 5.25. The molecule has 3 rings (SSSR count). The van der Waals surface area contributed by atoms with Crippen molar-refractivity contribution in [1.29, 1.82) is 0 Å². The molecule has 0 saturated carbocycles. The first-order valence-electron chi connectivity index (χ1n) is 8.99. The largest absolute Gasteiger partial charge is 0.496 e. The van der Waals surface area contributed by atoms with Crippen molar-refractivity contribution in [2.24, 2.45) is 5.92 Å². The second-order valence-electron chi connectivity index (χ2n) is 6.94. The van der Waals surface area contributed by atoms with Crippen LogP contribution in [0.2, 0.25) is 0 Å². The van der Waals surface area contributed by atoms with E-state index < -0.39 is 0 Å². The Hall–Kier alpha value is -2.01. The molecular formula is C21H25BrN2O2. The SMILES string of the molecule is COc1c(C)cc(Br)cc1C(=O)Nc1ccccc1N1CCC(C)CC1. The van der Waals surface area contributed by atoms with E-state index in [2.05, 4.69) is 39.1 Å². The summed E-state index contributed by atoms with van der Waals surface area (Å²) in [7, 11) is 1.59. The summed E-state index contributed by atoms with van der Waals surface area (Å²) in [4.78, 5) is 15.3. The van der Waals surface area contributed by atoms with Gasteiger partial charge in [-0.2, -0.15) is 0 Å². The van der Waals surface area contributed by atoms with Gasteiger partial charge in [-0.05, 0) is 55.5 Å². The minimum absolute atomic E-state index is 0.163. The summed E-state index contributed by atoms with van der Waals surface area (Å²) in [5.41, 5.74) is 3.37. The van der Waals surface area contributed by atoms with Crippen LogP contribution in [0.1, 0.15) is 35.7 Å². The summed E-state index contributed by atoms with van der Waals surface area (Å²) in [6.45, 7) is 6.27. The van der Waals surface area contributed by atoms with Gasteiger partial charge in [-0.3, -0.25) is 4.79 Å². The van der Waals surface area contributed by atoms with Crippen LogP contribution >= 0.6 is 15.9 Å². The number of halogens is 1. The van der Waals surface area contributed by atoms with E-state index in [0.717, 1.165) is 40.4 Å². The fourth-order valence-corrected chi connectivity index (χ4v) is 4.04. The number of nitrogens with zero attached hydrogens (tertiary/aromatic N) is 1. The lowest BCUT2D eigenvalue weighted by Crippen LogP contribution is -2.33. The van der Waals surface area contributed by atoms with Gasteiger partial charge in [-0.25, -0.2) is 0 Å². The monoisotopic (exact) mass is 416 g/mol. The Kier molecular flexibility index (Phi) is 5.87. The Labute approximate surface area is 163 Å². The second kappa shape index (κ2) is 8.12. The number of para-hydroxylation sites is 2. The Morgan fingerprint density at radius 2 is 1.92 bits per heavy atom. The quantitative estimate of drug-likeness (QED) is 0.739. The molecule has 1 heterocycles. The van der Waals surface area contributed by atoms with Crippen LogP contribution in [0.4, 0.5) is 11.4 Å². The molecular weight excluding hydrogens is 392 g/mol. The summed E-state index contributed by atoms with van der Waals surface area (Å²) in [6.07, 6.45) is 2.36. The highest BCUT2D eigenvalue weighted by Crippen LogP contribution is 2.32. The third-order valence-corrected chi connectivity index (χ3v) is 5.42.